The molecule has 1 aromatic heterocycles. The number of aryl methyl sites for hydroxylation is 2. The Kier molecular flexibility index (Phi) is 4.40. The van der Waals surface area contributed by atoms with E-state index in [9.17, 15) is 9.50 Å². The van der Waals surface area contributed by atoms with E-state index < -0.39 is 11.5 Å². The van der Waals surface area contributed by atoms with Crippen LogP contribution in [0.25, 0.3) is 0 Å². The minimum Gasteiger partial charge on any atom is -0.392 e. The third-order valence-corrected chi connectivity index (χ3v) is 4.56. The third kappa shape index (κ3) is 3.11. The molecule has 0 amide bonds. The lowest BCUT2D eigenvalue weighted by molar-refractivity contribution is 0.0981. The van der Waals surface area contributed by atoms with E-state index in [4.69, 9.17) is 11.6 Å². The van der Waals surface area contributed by atoms with E-state index in [2.05, 4.69) is 5.10 Å². The Labute approximate surface area is 129 Å². The van der Waals surface area contributed by atoms with Gasteiger partial charge in [-0.05, 0) is 24.6 Å². The Morgan fingerprint density at radius 1 is 1.33 bits per heavy atom. The lowest BCUT2D eigenvalue weighted by Gasteiger charge is -2.31. The molecular weight excluding hydrogens is 291 g/mol. The minimum absolute atomic E-state index is 0.283. The van der Waals surface area contributed by atoms with Crippen molar-refractivity contribution in [1.29, 1.82) is 0 Å². The van der Waals surface area contributed by atoms with E-state index in [1.165, 1.54) is 12.1 Å². The molecule has 0 bridgehead atoms. The van der Waals surface area contributed by atoms with E-state index in [0.29, 0.717) is 11.4 Å². The second-order valence-electron chi connectivity index (χ2n) is 5.92. The molecular formula is C16H20ClFN2O. The highest BCUT2D eigenvalue weighted by Crippen LogP contribution is 2.31. The van der Waals surface area contributed by atoms with Crippen LogP contribution in [0.3, 0.4) is 0 Å². The smallest absolute Gasteiger partial charge is 0.123 e. The van der Waals surface area contributed by atoms with Crippen LogP contribution in [0.5, 0.6) is 0 Å². The van der Waals surface area contributed by atoms with Crippen molar-refractivity contribution in [3.05, 3.63) is 52.1 Å². The normalized spacial score (nSPS) is 13.5. The molecule has 0 radical (unpaired) electrons. The molecule has 1 N–H and O–H groups in total. The van der Waals surface area contributed by atoms with Crippen LogP contribution in [-0.2, 0) is 18.9 Å². The summed E-state index contributed by atoms with van der Waals surface area (Å²) in [6.45, 7) is 5.70. The number of nitrogens with zero attached hydrogens (tertiary/aromatic N) is 2. The van der Waals surface area contributed by atoms with Gasteiger partial charge < -0.3 is 5.11 Å². The van der Waals surface area contributed by atoms with Crippen molar-refractivity contribution in [2.75, 3.05) is 0 Å². The SMILES string of the molecule is Cc1nn(C)c(CC(O)C(C)(C)c2ccc(F)cc2)c1Cl. The Morgan fingerprint density at radius 2 is 1.90 bits per heavy atom. The van der Waals surface area contributed by atoms with E-state index in [1.807, 2.05) is 27.8 Å². The van der Waals surface area contributed by atoms with Crippen molar-refractivity contribution >= 4 is 11.6 Å². The predicted molar refractivity (Wildman–Crippen MR) is 82.1 cm³/mol. The van der Waals surface area contributed by atoms with Crippen molar-refractivity contribution < 1.29 is 9.50 Å². The molecule has 114 valence electrons. The van der Waals surface area contributed by atoms with Gasteiger partial charge in [0.15, 0.2) is 0 Å². The maximum absolute atomic E-state index is 13.0. The lowest BCUT2D eigenvalue weighted by atomic mass is 9.77. The van der Waals surface area contributed by atoms with E-state index in [1.54, 1.807) is 16.8 Å². The number of halogens is 2. The largest absolute Gasteiger partial charge is 0.392 e. The van der Waals surface area contributed by atoms with Gasteiger partial charge in [0.05, 0.1) is 22.5 Å². The number of hydrogen-bond acceptors (Lipinski definition) is 2. The highest BCUT2D eigenvalue weighted by molar-refractivity contribution is 6.31. The van der Waals surface area contributed by atoms with Crippen molar-refractivity contribution in [1.82, 2.24) is 9.78 Å². The summed E-state index contributed by atoms with van der Waals surface area (Å²) >= 11 is 6.23. The summed E-state index contributed by atoms with van der Waals surface area (Å²) in [4.78, 5) is 0. The summed E-state index contributed by atoms with van der Waals surface area (Å²) in [6, 6.07) is 6.22. The molecule has 0 spiro atoms. The number of aromatic nitrogens is 2. The molecule has 0 saturated carbocycles. The van der Waals surface area contributed by atoms with Crippen LogP contribution in [0.1, 0.15) is 30.8 Å². The summed E-state index contributed by atoms with van der Waals surface area (Å²) in [7, 11) is 1.81. The number of aliphatic hydroxyl groups is 1. The molecule has 0 fully saturated rings. The minimum atomic E-state index is -0.657. The Hall–Kier alpha value is -1.39. The fourth-order valence-corrected chi connectivity index (χ4v) is 2.65. The molecule has 2 aromatic rings. The first-order valence-corrected chi connectivity index (χ1v) is 7.23. The summed E-state index contributed by atoms with van der Waals surface area (Å²) in [6.07, 6.45) is -0.268. The topological polar surface area (TPSA) is 38.0 Å². The number of hydrogen-bond donors (Lipinski definition) is 1. The average molecular weight is 311 g/mol. The molecule has 0 aliphatic rings. The molecule has 1 aromatic carbocycles. The molecule has 1 unspecified atom stereocenters. The van der Waals surface area contributed by atoms with Crippen LogP contribution in [0, 0.1) is 12.7 Å². The molecule has 1 atom stereocenters. The monoisotopic (exact) mass is 310 g/mol. The van der Waals surface area contributed by atoms with Crippen LogP contribution < -0.4 is 0 Å². The Bertz CT molecular complexity index is 634. The van der Waals surface area contributed by atoms with Gasteiger partial charge in [-0.3, -0.25) is 4.68 Å². The standard InChI is InChI=1S/C16H20ClFN2O/c1-10-15(17)13(20(4)19-10)9-14(21)16(2,3)11-5-7-12(18)8-6-11/h5-8,14,21H,9H2,1-4H3. The zero-order chi connectivity index (χ0) is 15.8. The summed E-state index contributed by atoms with van der Waals surface area (Å²) < 4.78 is 14.7. The fourth-order valence-electron chi connectivity index (χ4n) is 2.41. The maximum atomic E-state index is 13.0. The maximum Gasteiger partial charge on any atom is 0.123 e. The molecule has 5 heteroatoms. The fraction of sp³-hybridized carbons (Fsp3) is 0.438. The van der Waals surface area contributed by atoms with Crippen LogP contribution >= 0.6 is 11.6 Å². The molecule has 0 aliphatic carbocycles. The zero-order valence-corrected chi connectivity index (χ0v) is 13.4. The summed E-state index contributed by atoms with van der Waals surface area (Å²) in [5, 5.41) is 15.5. The van der Waals surface area contributed by atoms with Gasteiger partial charge in [0.2, 0.25) is 0 Å². The number of benzene rings is 1. The van der Waals surface area contributed by atoms with E-state index >= 15 is 0 Å². The lowest BCUT2D eigenvalue weighted by Crippen LogP contribution is -2.35. The van der Waals surface area contributed by atoms with Crippen LogP contribution in [0.4, 0.5) is 4.39 Å². The van der Waals surface area contributed by atoms with Gasteiger partial charge in [-0.25, -0.2) is 4.39 Å². The van der Waals surface area contributed by atoms with Gasteiger partial charge in [0.25, 0.3) is 0 Å². The first kappa shape index (κ1) is 16.0. The van der Waals surface area contributed by atoms with Crippen LogP contribution in [0.15, 0.2) is 24.3 Å². The second kappa shape index (κ2) is 5.78. The third-order valence-electron chi connectivity index (χ3n) is 4.07. The summed E-state index contributed by atoms with van der Waals surface area (Å²) in [5.41, 5.74) is 1.92. The highest BCUT2D eigenvalue weighted by atomic mass is 35.5. The van der Waals surface area contributed by atoms with Gasteiger partial charge in [-0.1, -0.05) is 37.6 Å². The number of aliphatic hydroxyl groups excluding tert-OH is 1. The molecule has 0 saturated heterocycles. The van der Waals surface area contributed by atoms with Gasteiger partial charge in [0, 0.05) is 18.9 Å². The Balaban J connectivity index is 2.26. The van der Waals surface area contributed by atoms with Crippen LogP contribution in [-0.4, -0.2) is 21.0 Å². The van der Waals surface area contributed by atoms with E-state index in [0.717, 1.165) is 17.0 Å². The van der Waals surface area contributed by atoms with Crippen molar-refractivity contribution in [2.24, 2.45) is 7.05 Å². The molecule has 1 heterocycles. The van der Waals surface area contributed by atoms with E-state index in [-0.39, 0.29) is 5.82 Å². The number of rotatable bonds is 4. The first-order chi connectivity index (χ1) is 9.73. The molecule has 21 heavy (non-hydrogen) atoms. The van der Waals surface area contributed by atoms with Crippen molar-refractivity contribution in [3.63, 3.8) is 0 Å². The molecule has 3 nitrogen and oxygen atoms in total. The molecule has 0 aliphatic heterocycles. The van der Waals surface area contributed by atoms with Gasteiger partial charge >= 0.3 is 0 Å². The first-order valence-electron chi connectivity index (χ1n) is 6.85. The highest BCUT2D eigenvalue weighted by Gasteiger charge is 2.31. The average Bonchev–Trinajstić information content (AvgIpc) is 2.65. The summed E-state index contributed by atoms with van der Waals surface area (Å²) in [5.74, 6) is -0.283. The quantitative estimate of drug-likeness (QED) is 0.940. The van der Waals surface area contributed by atoms with Crippen molar-refractivity contribution in [3.8, 4) is 0 Å². The van der Waals surface area contributed by atoms with Gasteiger partial charge in [-0.15, -0.1) is 0 Å². The van der Waals surface area contributed by atoms with Gasteiger partial charge in [-0.2, -0.15) is 5.10 Å². The zero-order valence-electron chi connectivity index (χ0n) is 12.7. The molecule has 2 rings (SSSR count). The van der Waals surface area contributed by atoms with Gasteiger partial charge in [0.1, 0.15) is 5.82 Å². The van der Waals surface area contributed by atoms with Crippen molar-refractivity contribution in [2.45, 2.75) is 38.7 Å². The van der Waals surface area contributed by atoms with Crippen LogP contribution in [0.2, 0.25) is 5.02 Å². The predicted octanol–water partition coefficient (Wildman–Crippen LogP) is 3.40. The second-order valence-corrected chi connectivity index (χ2v) is 6.30. The Morgan fingerprint density at radius 3 is 2.38 bits per heavy atom.